The molecule has 12 heavy (non-hydrogen) atoms. The van der Waals surface area contributed by atoms with Crippen LogP contribution >= 0.6 is 11.8 Å². The van der Waals surface area contributed by atoms with Gasteiger partial charge in [-0.05, 0) is 43.3 Å². The number of thioether (sulfide) groups is 1. The highest BCUT2D eigenvalue weighted by atomic mass is 32.2. The van der Waals surface area contributed by atoms with E-state index in [1.807, 2.05) is 0 Å². The minimum atomic E-state index is 0.506. The molecule has 2 fully saturated rings. The smallest absolute Gasteiger partial charge is 0.0292 e. The van der Waals surface area contributed by atoms with Gasteiger partial charge in [0.05, 0.1) is 0 Å². The summed E-state index contributed by atoms with van der Waals surface area (Å²) in [7, 11) is 0. The molecule has 2 aliphatic rings. The van der Waals surface area contributed by atoms with Crippen LogP contribution in [-0.4, -0.2) is 17.0 Å². The molecule has 1 nitrogen and oxygen atoms in total. The van der Waals surface area contributed by atoms with Crippen LogP contribution in [-0.2, 0) is 0 Å². The molecular formula is C10H19NS. The van der Waals surface area contributed by atoms with Crippen molar-refractivity contribution in [3.8, 4) is 0 Å². The van der Waals surface area contributed by atoms with Gasteiger partial charge in [0.1, 0.15) is 0 Å². The average Bonchev–Trinajstić information content (AvgIpc) is 2.78. The Morgan fingerprint density at radius 1 is 1.33 bits per heavy atom. The molecule has 0 aliphatic heterocycles. The monoisotopic (exact) mass is 185 g/mol. The first-order valence-electron chi connectivity index (χ1n) is 5.08. The van der Waals surface area contributed by atoms with Gasteiger partial charge in [0.2, 0.25) is 0 Å². The third kappa shape index (κ3) is 1.39. The zero-order valence-electron chi connectivity index (χ0n) is 7.94. The molecule has 0 aromatic rings. The highest BCUT2D eigenvalue weighted by molar-refractivity contribution is 8.00. The molecule has 0 aromatic carbocycles. The first kappa shape index (κ1) is 8.89. The molecule has 0 heterocycles. The maximum atomic E-state index is 5.84. The Hall–Kier alpha value is 0.310. The first-order chi connectivity index (χ1) is 5.74. The van der Waals surface area contributed by atoms with Gasteiger partial charge in [-0.2, -0.15) is 11.8 Å². The van der Waals surface area contributed by atoms with Gasteiger partial charge in [0.15, 0.2) is 0 Å². The van der Waals surface area contributed by atoms with Crippen molar-refractivity contribution in [2.75, 3.05) is 12.3 Å². The van der Waals surface area contributed by atoms with Gasteiger partial charge in [-0.15, -0.1) is 0 Å². The summed E-state index contributed by atoms with van der Waals surface area (Å²) in [4.78, 5) is 0. The van der Waals surface area contributed by atoms with Crippen LogP contribution in [0.15, 0.2) is 0 Å². The van der Waals surface area contributed by atoms with E-state index in [4.69, 9.17) is 5.73 Å². The molecule has 2 N–H and O–H groups in total. The average molecular weight is 185 g/mol. The van der Waals surface area contributed by atoms with E-state index in [0.717, 1.165) is 12.0 Å². The Morgan fingerprint density at radius 3 is 2.42 bits per heavy atom. The lowest BCUT2D eigenvalue weighted by Crippen LogP contribution is -2.48. The minimum Gasteiger partial charge on any atom is -0.329 e. The van der Waals surface area contributed by atoms with Crippen molar-refractivity contribution in [3.63, 3.8) is 0 Å². The van der Waals surface area contributed by atoms with Gasteiger partial charge in [-0.3, -0.25) is 0 Å². The Labute approximate surface area is 79.5 Å². The van der Waals surface area contributed by atoms with Gasteiger partial charge in [0, 0.05) is 11.3 Å². The van der Waals surface area contributed by atoms with Crippen LogP contribution in [0.2, 0.25) is 0 Å². The summed E-state index contributed by atoms with van der Waals surface area (Å²) in [5.74, 6) is 1.30. The molecule has 0 radical (unpaired) electrons. The molecule has 70 valence electrons. The quantitative estimate of drug-likeness (QED) is 0.728. The molecule has 2 aliphatic carbocycles. The van der Waals surface area contributed by atoms with E-state index in [1.165, 1.54) is 37.9 Å². The second kappa shape index (κ2) is 2.91. The van der Waals surface area contributed by atoms with Crippen LogP contribution < -0.4 is 5.73 Å². The maximum absolute atomic E-state index is 5.84. The lowest BCUT2D eigenvalue weighted by molar-refractivity contribution is 0.210. The summed E-state index contributed by atoms with van der Waals surface area (Å²) in [6.07, 6.45) is 7.10. The van der Waals surface area contributed by atoms with Crippen molar-refractivity contribution >= 4 is 11.8 Å². The van der Waals surface area contributed by atoms with Crippen LogP contribution in [0.3, 0.4) is 0 Å². The highest BCUT2D eigenvalue weighted by Crippen LogP contribution is 2.68. The molecular weight excluding hydrogens is 166 g/mol. The third-order valence-electron chi connectivity index (χ3n) is 3.34. The van der Waals surface area contributed by atoms with Crippen LogP contribution in [0.4, 0.5) is 0 Å². The summed E-state index contributed by atoms with van der Waals surface area (Å²) in [5.41, 5.74) is 6.64. The second-order valence-corrected chi connectivity index (χ2v) is 6.15. The van der Waals surface area contributed by atoms with E-state index >= 15 is 0 Å². The molecule has 2 rings (SSSR count). The predicted molar refractivity (Wildman–Crippen MR) is 55.4 cm³/mol. The summed E-state index contributed by atoms with van der Waals surface area (Å²) in [6.45, 7) is 3.15. The van der Waals surface area contributed by atoms with Crippen LogP contribution in [0.1, 0.15) is 39.0 Å². The van der Waals surface area contributed by atoms with Crippen molar-refractivity contribution in [2.24, 2.45) is 11.1 Å². The highest BCUT2D eigenvalue weighted by Gasteiger charge is 2.60. The van der Waals surface area contributed by atoms with Crippen LogP contribution in [0, 0.1) is 5.41 Å². The Bertz CT molecular complexity index is 167. The Kier molecular flexibility index (Phi) is 2.16. The van der Waals surface area contributed by atoms with Crippen LogP contribution in [0.25, 0.3) is 0 Å². The van der Waals surface area contributed by atoms with Crippen molar-refractivity contribution in [1.29, 1.82) is 0 Å². The number of rotatable bonds is 4. The summed E-state index contributed by atoms with van der Waals surface area (Å²) < 4.78 is 0.506. The zero-order valence-corrected chi connectivity index (χ0v) is 8.75. The van der Waals surface area contributed by atoms with Gasteiger partial charge in [-0.25, -0.2) is 0 Å². The zero-order chi connectivity index (χ0) is 8.66. The van der Waals surface area contributed by atoms with E-state index in [2.05, 4.69) is 18.7 Å². The molecule has 1 spiro atoms. The second-order valence-electron chi connectivity index (χ2n) is 4.59. The first-order valence-corrected chi connectivity index (χ1v) is 6.07. The fourth-order valence-electron chi connectivity index (χ4n) is 2.47. The largest absolute Gasteiger partial charge is 0.329 e. The molecule has 0 bridgehead atoms. The third-order valence-corrected chi connectivity index (χ3v) is 5.02. The number of hydrogen-bond acceptors (Lipinski definition) is 2. The van der Waals surface area contributed by atoms with E-state index in [0.29, 0.717) is 4.75 Å². The van der Waals surface area contributed by atoms with Gasteiger partial charge in [0.25, 0.3) is 0 Å². The van der Waals surface area contributed by atoms with Crippen molar-refractivity contribution in [1.82, 2.24) is 0 Å². The fraction of sp³-hybridized carbons (Fsp3) is 1.00. The van der Waals surface area contributed by atoms with Crippen molar-refractivity contribution < 1.29 is 0 Å². The van der Waals surface area contributed by atoms with Gasteiger partial charge >= 0.3 is 0 Å². The predicted octanol–water partition coefficient (Wildman–Crippen LogP) is 2.40. The molecule has 0 unspecified atom stereocenters. The van der Waals surface area contributed by atoms with Crippen molar-refractivity contribution in [3.05, 3.63) is 0 Å². The lowest BCUT2D eigenvalue weighted by Gasteiger charge is -2.47. The molecule has 0 amide bonds. The van der Waals surface area contributed by atoms with E-state index in [9.17, 15) is 0 Å². The Balaban J connectivity index is 1.82. The minimum absolute atomic E-state index is 0.506. The molecule has 0 saturated heterocycles. The molecule has 2 saturated carbocycles. The van der Waals surface area contributed by atoms with Gasteiger partial charge in [-0.1, -0.05) is 6.92 Å². The number of nitrogens with two attached hydrogens (primary N) is 1. The Morgan fingerprint density at radius 2 is 2.00 bits per heavy atom. The molecule has 0 aromatic heterocycles. The van der Waals surface area contributed by atoms with E-state index < -0.39 is 0 Å². The standard InChI is InChI=1S/C10H19NS/c1-2-5-12-10(8-11)6-9(7-10)3-4-9/h2-8,11H2,1H3. The topological polar surface area (TPSA) is 26.0 Å². The van der Waals surface area contributed by atoms with Gasteiger partial charge < -0.3 is 5.73 Å². The SMILES string of the molecule is CCCSC1(CN)CC2(CC2)C1. The van der Waals surface area contributed by atoms with Crippen LogP contribution in [0.5, 0.6) is 0 Å². The number of hydrogen-bond donors (Lipinski definition) is 1. The molecule has 2 heteroatoms. The fourth-order valence-corrected chi connectivity index (χ4v) is 4.04. The summed E-state index contributed by atoms with van der Waals surface area (Å²) >= 11 is 2.13. The summed E-state index contributed by atoms with van der Waals surface area (Å²) in [5, 5.41) is 0. The normalized spacial score (nSPS) is 28.5. The summed E-state index contributed by atoms with van der Waals surface area (Å²) in [6, 6.07) is 0. The van der Waals surface area contributed by atoms with E-state index in [1.54, 1.807) is 0 Å². The maximum Gasteiger partial charge on any atom is 0.0292 e. The molecule has 0 atom stereocenters. The van der Waals surface area contributed by atoms with E-state index in [-0.39, 0.29) is 0 Å². The van der Waals surface area contributed by atoms with Crippen molar-refractivity contribution in [2.45, 2.75) is 43.8 Å². The lowest BCUT2D eigenvalue weighted by atomic mass is 9.71.